The molecule has 2 aromatic carbocycles. The second kappa shape index (κ2) is 8.36. The van der Waals surface area contributed by atoms with Gasteiger partial charge in [0.05, 0.1) is 5.52 Å². The molecule has 2 heterocycles. The van der Waals surface area contributed by atoms with Gasteiger partial charge >= 0.3 is 0 Å². The van der Waals surface area contributed by atoms with Crippen LogP contribution in [0.2, 0.25) is 5.02 Å². The van der Waals surface area contributed by atoms with Crippen molar-refractivity contribution in [3.8, 4) is 11.4 Å². The Bertz CT molecular complexity index is 1140. The van der Waals surface area contributed by atoms with Crippen molar-refractivity contribution in [2.45, 2.75) is 19.8 Å². The second-order valence-corrected chi connectivity index (χ2v) is 7.10. The number of nitrogens with one attached hydrogen (secondary N) is 2. The van der Waals surface area contributed by atoms with Gasteiger partial charge in [-0.1, -0.05) is 17.7 Å². The summed E-state index contributed by atoms with van der Waals surface area (Å²) in [6.45, 7) is 2.49. The van der Waals surface area contributed by atoms with Crippen LogP contribution in [0.25, 0.3) is 22.3 Å². The first kappa shape index (κ1) is 19.0. The molecule has 4 rings (SSSR count). The van der Waals surface area contributed by atoms with Crippen molar-refractivity contribution in [2.75, 3.05) is 6.54 Å². The van der Waals surface area contributed by atoms with E-state index in [0.717, 1.165) is 40.8 Å². The summed E-state index contributed by atoms with van der Waals surface area (Å²) in [6.07, 6.45) is 2.98. The molecule has 8 heteroatoms. The van der Waals surface area contributed by atoms with Crippen molar-refractivity contribution in [1.29, 1.82) is 0 Å². The fraction of sp³-hybridized carbons (Fsp3) is 0.190. The van der Waals surface area contributed by atoms with Crippen molar-refractivity contribution in [1.82, 2.24) is 30.5 Å². The average molecular weight is 407 g/mol. The molecule has 0 aliphatic carbocycles. The minimum absolute atomic E-state index is 0.131. The predicted octanol–water partition coefficient (Wildman–Crippen LogP) is 3.74. The fourth-order valence-corrected chi connectivity index (χ4v) is 3.19. The van der Waals surface area contributed by atoms with Gasteiger partial charge in [-0.3, -0.25) is 9.89 Å². The first-order valence-corrected chi connectivity index (χ1v) is 9.65. The lowest BCUT2D eigenvalue weighted by atomic mass is 10.1. The van der Waals surface area contributed by atoms with E-state index in [4.69, 9.17) is 11.6 Å². The molecule has 0 bridgehead atoms. The summed E-state index contributed by atoms with van der Waals surface area (Å²) in [5, 5.41) is 11.1. The van der Waals surface area contributed by atoms with E-state index < -0.39 is 0 Å². The SMILES string of the molecule is Cc1nc(-c2ccc(Cl)cc2)nc2cc(C(=O)NCCCc3ncn[nH]3)ccc12. The molecule has 0 aliphatic rings. The van der Waals surface area contributed by atoms with E-state index in [1.54, 1.807) is 12.1 Å². The van der Waals surface area contributed by atoms with Crippen LogP contribution in [0.1, 0.15) is 28.3 Å². The summed E-state index contributed by atoms with van der Waals surface area (Å²) < 4.78 is 0. The smallest absolute Gasteiger partial charge is 0.251 e. The summed E-state index contributed by atoms with van der Waals surface area (Å²) in [6, 6.07) is 12.9. The number of nitrogens with zero attached hydrogens (tertiary/aromatic N) is 4. The predicted molar refractivity (Wildman–Crippen MR) is 112 cm³/mol. The van der Waals surface area contributed by atoms with Crippen LogP contribution >= 0.6 is 11.6 Å². The number of H-pyrrole nitrogens is 1. The Hall–Kier alpha value is -3.32. The number of rotatable bonds is 6. The van der Waals surface area contributed by atoms with Crippen LogP contribution in [-0.2, 0) is 6.42 Å². The second-order valence-electron chi connectivity index (χ2n) is 6.66. The molecule has 0 radical (unpaired) electrons. The highest BCUT2D eigenvalue weighted by molar-refractivity contribution is 6.30. The topological polar surface area (TPSA) is 96.5 Å². The Morgan fingerprint density at radius 3 is 2.72 bits per heavy atom. The molecule has 146 valence electrons. The molecule has 0 spiro atoms. The molecule has 0 saturated heterocycles. The van der Waals surface area contributed by atoms with Gasteiger partial charge < -0.3 is 5.32 Å². The minimum Gasteiger partial charge on any atom is -0.352 e. The third-order valence-electron chi connectivity index (χ3n) is 4.59. The number of halogens is 1. The first-order chi connectivity index (χ1) is 14.1. The maximum Gasteiger partial charge on any atom is 0.251 e. The number of hydrogen-bond donors (Lipinski definition) is 2. The summed E-state index contributed by atoms with van der Waals surface area (Å²) >= 11 is 5.97. The lowest BCUT2D eigenvalue weighted by molar-refractivity contribution is 0.0953. The standard InChI is InChI=1S/C21H19ClN6O/c1-13-17-9-6-15(21(29)23-10-2-3-19-24-12-25-28-19)11-18(17)27-20(26-13)14-4-7-16(22)8-5-14/h4-9,11-12H,2-3,10H2,1H3,(H,23,29)(H,24,25,28). The number of aromatic amines is 1. The molecule has 29 heavy (non-hydrogen) atoms. The van der Waals surface area contributed by atoms with E-state index in [1.807, 2.05) is 37.3 Å². The molecule has 4 aromatic rings. The average Bonchev–Trinajstić information content (AvgIpc) is 3.24. The van der Waals surface area contributed by atoms with E-state index in [9.17, 15) is 4.79 Å². The summed E-state index contributed by atoms with van der Waals surface area (Å²) in [5.74, 6) is 1.29. The number of aromatic nitrogens is 5. The molecular formula is C21H19ClN6O. The van der Waals surface area contributed by atoms with Crippen LogP contribution in [0, 0.1) is 6.92 Å². The zero-order valence-corrected chi connectivity index (χ0v) is 16.6. The van der Waals surface area contributed by atoms with Gasteiger partial charge in [0.15, 0.2) is 5.82 Å². The van der Waals surface area contributed by atoms with Crippen molar-refractivity contribution in [3.63, 3.8) is 0 Å². The summed E-state index contributed by atoms with van der Waals surface area (Å²) in [4.78, 5) is 25.8. The number of benzene rings is 2. The van der Waals surface area contributed by atoms with Gasteiger partial charge in [-0.05, 0) is 49.7 Å². The van der Waals surface area contributed by atoms with Crippen LogP contribution in [-0.4, -0.2) is 37.6 Å². The lowest BCUT2D eigenvalue weighted by Gasteiger charge is -2.09. The monoisotopic (exact) mass is 406 g/mol. The van der Waals surface area contributed by atoms with Crippen molar-refractivity contribution >= 4 is 28.4 Å². The van der Waals surface area contributed by atoms with Crippen LogP contribution < -0.4 is 5.32 Å². The fourth-order valence-electron chi connectivity index (χ4n) is 3.07. The molecule has 1 amide bonds. The Morgan fingerprint density at radius 1 is 1.14 bits per heavy atom. The van der Waals surface area contributed by atoms with Gasteiger partial charge in [0.1, 0.15) is 12.2 Å². The zero-order chi connectivity index (χ0) is 20.2. The quantitative estimate of drug-likeness (QED) is 0.475. The highest BCUT2D eigenvalue weighted by atomic mass is 35.5. The van der Waals surface area contributed by atoms with Crippen LogP contribution in [0.5, 0.6) is 0 Å². The van der Waals surface area contributed by atoms with Gasteiger partial charge in [-0.25, -0.2) is 15.0 Å². The van der Waals surface area contributed by atoms with Gasteiger partial charge in [-0.2, -0.15) is 5.10 Å². The van der Waals surface area contributed by atoms with E-state index in [2.05, 4.69) is 30.5 Å². The third kappa shape index (κ3) is 4.41. The summed E-state index contributed by atoms with van der Waals surface area (Å²) in [5.41, 5.74) is 3.04. The number of carbonyl (C=O) groups is 1. The number of carbonyl (C=O) groups excluding carboxylic acids is 1. The molecule has 0 atom stereocenters. The largest absolute Gasteiger partial charge is 0.352 e. The Kier molecular flexibility index (Phi) is 5.48. The van der Waals surface area contributed by atoms with Crippen molar-refractivity contribution in [3.05, 3.63) is 70.9 Å². The van der Waals surface area contributed by atoms with Crippen LogP contribution in [0.4, 0.5) is 0 Å². The van der Waals surface area contributed by atoms with E-state index >= 15 is 0 Å². The van der Waals surface area contributed by atoms with Crippen LogP contribution in [0.3, 0.4) is 0 Å². The minimum atomic E-state index is -0.131. The third-order valence-corrected chi connectivity index (χ3v) is 4.84. The van der Waals surface area contributed by atoms with Gasteiger partial charge in [-0.15, -0.1) is 0 Å². The Morgan fingerprint density at radius 2 is 1.97 bits per heavy atom. The highest BCUT2D eigenvalue weighted by Gasteiger charge is 2.11. The zero-order valence-electron chi connectivity index (χ0n) is 15.8. The molecule has 0 saturated carbocycles. The molecular weight excluding hydrogens is 388 g/mol. The molecule has 0 unspecified atom stereocenters. The van der Waals surface area contributed by atoms with Crippen LogP contribution in [0.15, 0.2) is 48.8 Å². The summed E-state index contributed by atoms with van der Waals surface area (Å²) in [7, 11) is 0. The molecule has 2 aromatic heterocycles. The maximum absolute atomic E-state index is 12.5. The maximum atomic E-state index is 12.5. The Labute approximate surface area is 172 Å². The molecule has 0 fully saturated rings. The van der Waals surface area contributed by atoms with Gasteiger partial charge in [0.25, 0.3) is 5.91 Å². The van der Waals surface area contributed by atoms with Crippen molar-refractivity contribution < 1.29 is 4.79 Å². The highest BCUT2D eigenvalue weighted by Crippen LogP contribution is 2.23. The molecule has 2 N–H and O–H groups in total. The molecule has 0 aliphatic heterocycles. The Balaban J connectivity index is 1.51. The number of hydrogen-bond acceptors (Lipinski definition) is 5. The van der Waals surface area contributed by atoms with E-state index in [-0.39, 0.29) is 5.91 Å². The first-order valence-electron chi connectivity index (χ1n) is 9.27. The van der Waals surface area contributed by atoms with E-state index in [0.29, 0.717) is 23.0 Å². The van der Waals surface area contributed by atoms with Gasteiger partial charge in [0.2, 0.25) is 0 Å². The molecule has 7 nitrogen and oxygen atoms in total. The normalized spacial score (nSPS) is 11.0. The van der Waals surface area contributed by atoms with Gasteiger partial charge in [0, 0.05) is 40.2 Å². The number of fused-ring (bicyclic) bond motifs is 1. The number of amides is 1. The number of aryl methyl sites for hydroxylation is 2. The van der Waals surface area contributed by atoms with E-state index in [1.165, 1.54) is 6.33 Å². The van der Waals surface area contributed by atoms with Crippen molar-refractivity contribution in [2.24, 2.45) is 0 Å². The lowest BCUT2D eigenvalue weighted by Crippen LogP contribution is -2.24.